The topological polar surface area (TPSA) is 67.0 Å². The van der Waals surface area contributed by atoms with E-state index in [1.807, 2.05) is 48.5 Å². The molecule has 4 aromatic rings. The fourth-order valence-electron chi connectivity index (χ4n) is 2.92. The van der Waals surface area contributed by atoms with Crippen molar-refractivity contribution in [3.05, 3.63) is 77.9 Å². The van der Waals surface area contributed by atoms with Crippen molar-refractivity contribution < 1.29 is 9.53 Å². The number of amides is 1. The number of anilines is 1. The molecule has 0 aliphatic carbocycles. The van der Waals surface area contributed by atoms with Crippen LogP contribution in [0.15, 0.2) is 66.7 Å². The molecular formula is C22H19N3O2. The maximum Gasteiger partial charge on any atom is 0.255 e. The van der Waals surface area contributed by atoms with E-state index < -0.39 is 0 Å². The molecule has 0 saturated carbocycles. The molecule has 5 nitrogen and oxygen atoms in total. The summed E-state index contributed by atoms with van der Waals surface area (Å²) in [4.78, 5) is 20.4. The largest absolute Gasteiger partial charge is 0.497 e. The molecule has 0 unspecified atom stereocenters. The second kappa shape index (κ2) is 6.96. The van der Waals surface area contributed by atoms with Crippen molar-refractivity contribution in [3.63, 3.8) is 0 Å². The number of carbonyl (C=O) groups excluding carboxylic acids is 1. The third kappa shape index (κ3) is 3.53. The number of methoxy groups -OCH3 is 1. The number of rotatable bonds is 4. The van der Waals surface area contributed by atoms with Crippen molar-refractivity contribution in [1.29, 1.82) is 0 Å². The molecule has 4 rings (SSSR count). The summed E-state index contributed by atoms with van der Waals surface area (Å²) in [5.41, 5.74) is 5.36. The van der Waals surface area contributed by atoms with Crippen molar-refractivity contribution in [2.24, 2.45) is 0 Å². The molecule has 2 N–H and O–H groups in total. The highest BCUT2D eigenvalue weighted by molar-refractivity contribution is 6.04. The van der Waals surface area contributed by atoms with Gasteiger partial charge in [0.05, 0.1) is 18.1 Å². The van der Waals surface area contributed by atoms with Gasteiger partial charge in [0, 0.05) is 16.8 Å². The fourth-order valence-corrected chi connectivity index (χ4v) is 2.92. The Balaban J connectivity index is 1.52. The number of nitrogens with one attached hydrogen (secondary N) is 2. The number of aromatic nitrogens is 2. The van der Waals surface area contributed by atoms with Gasteiger partial charge in [-0.25, -0.2) is 4.98 Å². The molecule has 1 heterocycles. The van der Waals surface area contributed by atoms with Gasteiger partial charge >= 0.3 is 0 Å². The van der Waals surface area contributed by atoms with Crippen LogP contribution in [0.4, 0.5) is 5.69 Å². The molecular weight excluding hydrogens is 338 g/mol. The Morgan fingerprint density at radius 2 is 1.74 bits per heavy atom. The standard InChI is InChI=1S/C22H19N3O2/c1-14-3-12-19-20(13-14)25-21(24-19)15-4-6-16(7-5-15)22(26)23-17-8-10-18(27-2)11-9-17/h3-13H,1-2H3,(H,23,26)(H,24,25). The monoisotopic (exact) mass is 357 g/mol. The van der Waals surface area contributed by atoms with E-state index >= 15 is 0 Å². The van der Waals surface area contributed by atoms with Crippen molar-refractivity contribution in [1.82, 2.24) is 9.97 Å². The van der Waals surface area contributed by atoms with Gasteiger partial charge in [-0.15, -0.1) is 0 Å². The van der Waals surface area contributed by atoms with Crippen LogP contribution in [0.1, 0.15) is 15.9 Å². The number of hydrogen-bond acceptors (Lipinski definition) is 3. The Morgan fingerprint density at radius 1 is 1.00 bits per heavy atom. The zero-order chi connectivity index (χ0) is 18.8. The van der Waals surface area contributed by atoms with Crippen LogP contribution in [-0.2, 0) is 0 Å². The minimum absolute atomic E-state index is 0.160. The van der Waals surface area contributed by atoms with Crippen molar-refractivity contribution in [2.75, 3.05) is 12.4 Å². The summed E-state index contributed by atoms with van der Waals surface area (Å²) < 4.78 is 5.12. The lowest BCUT2D eigenvalue weighted by atomic mass is 10.1. The number of aryl methyl sites for hydroxylation is 1. The Morgan fingerprint density at radius 3 is 2.44 bits per heavy atom. The second-order valence-corrected chi connectivity index (χ2v) is 6.37. The van der Waals surface area contributed by atoms with E-state index in [1.165, 1.54) is 5.56 Å². The summed E-state index contributed by atoms with van der Waals surface area (Å²) in [5.74, 6) is 1.38. The molecule has 1 amide bonds. The van der Waals surface area contributed by atoms with E-state index in [2.05, 4.69) is 28.3 Å². The van der Waals surface area contributed by atoms with Crippen molar-refractivity contribution in [2.45, 2.75) is 6.92 Å². The van der Waals surface area contributed by atoms with Gasteiger partial charge < -0.3 is 15.0 Å². The molecule has 0 saturated heterocycles. The normalized spacial score (nSPS) is 10.7. The molecule has 27 heavy (non-hydrogen) atoms. The molecule has 0 atom stereocenters. The first-order valence-electron chi connectivity index (χ1n) is 8.64. The Kier molecular flexibility index (Phi) is 4.34. The highest BCUT2D eigenvalue weighted by Crippen LogP contribution is 2.22. The summed E-state index contributed by atoms with van der Waals surface area (Å²) in [5, 5.41) is 2.88. The van der Waals surface area contributed by atoms with Gasteiger partial charge in [0.25, 0.3) is 5.91 Å². The Hall–Kier alpha value is -3.60. The van der Waals surface area contributed by atoms with Crippen molar-refractivity contribution >= 4 is 22.6 Å². The van der Waals surface area contributed by atoms with Gasteiger partial charge in [0.15, 0.2) is 0 Å². The lowest BCUT2D eigenvalue weighted by Crippen LogP contribution is -2.11. The summed E-state index contributed by atoms with van der Waals surface area (Å²) >= 11 is 0. The van der Waals surface area contributed by atoms with Crippen LogP contribution in [-0.4, -0.2) is 23.0 Å². The van der Waals surface area contributed by atoms with Crippen LogP contribution in [0, 0.1) is 6.92 Å². The highest BCUT2D eigenvalue weighted by Gasteiger charge is 2.09. The van der Waals surface area contributed by atoms with Crippen LogP contribution in [0.5, 0.6) is 5.75 Å². The maximum absolute atomic E-state index is 12.4. The van der Waals surface area contributed by atoms with Gasteiger partial charge in [0.2, 0.25) is 0 Å². The van der Waals surface area contributed by atoms with Gasteiger partial charge in [-0.1, -0.05) is 18.2 Å². The zero-order valence-corrected chi connectivity index (χ0v) is 15.1. The molecule has 0 fully saturated rings. The minimum Gasteiger partial charge on any atom is -0.497 e. The lowest BCUT2D eigenvalue weighted by Gasteiger charge is -2.07. The molecule has 0 bridgehead atoms. The SMILES string of the molecule is COc1ccc(NC(=O)c2ccc(-c3nc4ccc(C)cc4[nH]3)cc2)cc1. The maximum atomic E-state index is 12.4. The Labute approximate surface area is 157 Å². The summed E-state index contributed by atoms with van der Waals surface area (Å²) in [6, 6.07) is 20.7. The number of nitrogens with zero attached hydrogens (tertiary/aromatic N) is 1. The van der Waals surface area contributed by atoms with E-state index in [0.29, 0.717) is 5.56 Å². The molecule has 0 aliphatic rings. The first-order chi connectivity index (χ1) is 13.1. The minimum atomic E-state index is -0.160. The van der Waals surface area contributed by atoms with Gasteiger partial charge in [-0.05, 0) is 61.0 Å². The third-order valence-corrected chi connectivity index (χ3v) is 4.41. The lowest BCUT2D eigenvalue weighted by molar-refractivity contribution is 0.102. The molecule has 134 valence electrons. The number of carbonyl (C=O) groups is 1. The number of hydrogen-bond donors (Lipinski definition) is 2. The van der Waals surface area contributed by atoms with Crippen LogP contribution < -0.4 is 10.1 Å². The van der Waals surface area contributed by atoms with Gasteiger partial charge in [-0.2, -0.15) is 0 Å². The first-order valence-corrected chi connectivity index (χ1v) is 8.64. The van der Waals surface area contributed by atoms with E-state index in [0.717, 1.165) is 33.9 Å². The predicted octanol–water partition coefficient (Wildman–Crippen LogP) is 4.80. The molecule has 5 heteroatoms. The average Bonchev–Trinajstić information content (AvgIpc) is 3.12. The Bertz CT molecular complexity index is 1100. The van der Waals surface area contributed by atoms with E-state index in [1.54, 1.807) is 19.2 Å². The van der Waals surface area contributed by atoms with Crippen LogP contribution >= 0.6 is 0 Å². The number of H-pyrrole nitrogens is 1. The quantitative estimate of drug-likeness (QED) is 0.551. The first kappa shape index (κ1) is 16.8. The molecule has 0 spiro atoms. The highest BCUT2D eigenvalue weighted by atomic mass is 16.5. The number of ether oxygens (including phenoxy) is 1. The van der Waals surface area contributed by atoms with E-state index in [9.17, 15) is 4.79 Å². The van der Waals surface area contributed by atoms with Crippen LogP contribution in [0.25, 0.3) is 22.4 Å². The van der Waals surface area contributed by atoms with Crippen molar-refractivity contribution in [3.8, 4) is 17.1 Å². The number of benzene rings is 3. The van der Waals surface area contributed by atoms with Crippen LogP contribution in [0.2, 0.25) is 0 Å². The van der Waals surface area contributed by atoms with Gasteiger partial charge in [0.1, 0.15) is 11.6 Å². The fraction of sp³-hybridized carbons (Fsp3) is 0.0909. The van der Waals surface area contributed by atoms with E-state index in [4.69, 9.17) is 4.74 Å². The molecule has 3 aromatic carbocycles. The summed E-state index contributed by atoms with van der Waals surface area (Å²) in [7, 11) is 1.61. The number of imidazole rings is 1. The summed E-state index contributed by atoms with van der Waals surface area (Å²) in [6.07, 6.45) is 0. The van der Waals surface area contributed by atoms with E-state index in [-0.39, 0.29) is 5.91 Å². The molecule has 1 aromatic heterocycles. The smallest absolute Gasteiger partial charge is 0.255 e. The van der Waals surface area contributed by atoms with Crippen LogP contribution in [0.3, 0.4) is 0 Å². The summed E-state index contributed by atoms with van der Waals surface area (Å²) in [6.45, 7) is 2.05. The molecule has 0 radical (unpaired) electrons. The van der Waals surface area contributed by atoms with Gasteiger partial charge in [-0.3, -0.25) is 4.79 Å². The second-order valence-electron chi connectivity index (χ2n) is 6.37. The third-order valence-electron chi connectivity index (χ3n) is 4.41. The zero-order valence-electron chi connectivity index (χ0n) is 15.1. The predicted molar refractivity (Wildman–Crippen MR) is 107 cm³/mol. The number of fused-ring (bicyclic) bond motifs is 1. The average molecular weight is 357 g/mol. The number of aromatic amines is 1. The molecule has 0 aliphatic heterocycles.